The maximum absolute atomic E-state index is 12.3. The van der Waals surface area contributed by atoms with Crippen LogP contribution in [0, 0.1) is 0 Å². The van der Waals surface area contributed by atoms with Gasteiger partial charge < -0.3 is 14.6 Å². The van der Waals surface area contributed by atoms with Gasteiger partial charge in [-0.1, -0.05) is 6.07 Å². The quantitative estimate of drug-likeness (QED) is 0.780. The summed E-state index contributed by atoms with van der Waals surface area (Å²) in [4.78, 5) is 12.9. The molecule has 23 heavy (non-hydrogen) atoms. The van der Waals surface area contributed by atoms with Crippen molar-refractivity contribution in [2.45, 2.75) is 25.5 Å². The zero-order valence-corrected chi connectivity index (χ0v) is 12.0. The fourth-order valence-electron chi connectivity index (χ4n) is 2.45. The lowest BCUT2D eigenvalue weighted by Gasteiger charge is -2.09. The van der Waals surface area contributed by atoms with E-state index in [2.05, 4.69) is 25.0 Å². The fraction of sp³-hybridized carbons (Fsp3) is 0.267. The fourth-order valence-corrected chi connectivity index (χ4v) is 2.45. The first-order valence-electron chi connectivity index (χ1n) is 7.20. The lowest BCUT2D eigenvalue weighted by molar-refractivity contribution is -0.0497. The Balaban J connectivity index is 1.65. The predicted molar refractivity (Wildman–Crippen MR) is 80.0 cm³/mol. The molecule has 0 radical (unpaired) electrons. The maximum Gasteiger partial charge on any atom is 0.387 e. The summed E-state index contributed by atoms with van der Waals surface area (Å²) in [6, 6.07) is 6.78. The van der Waals surface area contributed by atoms with Crippen molar-refractivity contribution in [2.24, 2.45) is 0 Å². The van der Waals surface area contributed by atoms with Crippen molar-refractivity contribution >= 4 is 22.7 Å². The third kappa shape index (κ3) is 2.79. The number of halogens is 2. The molecule has 0 amide bonds. The minimum atomic E-state index is -2.86. The van der Waals surface area contributed by atoms with E-state index in [0.29, 0.717) is 23.1 Å². The first-order chi connectivity index (χ1) is 11.2. The molecule has 1 aromatic carbocycles. The van der Waals surface area contributed by atoms with Crippen LogP contribution in [0.15, 0.2) is 36.9 Å². The van der Waals surface area contributed by atoms with Gasteiger partial charge in [-0.25, -0.2) is 15.0 Å². The number of imidazole rings is 1. The van der Waals surface area contributed by atoms with Crippen LogP contribution in [0.4, 0.5) is 20.3 Å². The van der Waals surface area contributed by atoms with E-state index in [1.165, 1.54) is 18.5 Å². The summed E-state index contributed by atoms with van der Waals surface area (Å²) in [7, 11) is 0. The van der Waals surface area contributed by atoms with Crippen LogP contribution in [0.2, 0.25) is 0 Å². The molecule has 8 heteroatoms. The van der Waals surface area contributed by atoms with E-state index in [-0.39, 0.29) is 5.75 Å². The van der Waals surface area contributed by atoms with E-state index in [4.69, 9.17) is 0 Å². The zero-order valence-electron chi connectivity index (χ0n) is 12.0. The predicted octanol–water partition coefficient (Wildman–Crippen LogP) is 3.51. The molecule has 2 aromatic heterocycles. The van der Waals surface area contributed by atoms with Gasteiger partial charge in [-0.2, -0.15) is 8.78 Å². The van der Waals surface area contributed by atoms with Crippen LogP contribution in [-0.2, 0) is 0 Å². The summed E-state index contributed by atoms with van der Waals surface area (Å²) in [5.41, 5.74) is 2.01. The number of anilines is 2. The zero-order chi connectivity index (χ0) is 15.8. The van der Waals surface area contributed by atoms with Crippen LogP contribution in [0.5, 0.6) is 5.75 Å². The van der Waals surface area contributed by atoms with Gasteiger partial charge in [0, 0.05) is 17.8 Å². The molecule has 1 N–H and O–H groups in total. The van der Waals surface area contributed by atoms with Gasteiger partial charge in [0.25, 0.3) is 0 Å². The smallest absolute Gasteiger partial charge is 0.387 e. The first-order valence-corrected chi connectivity index (χ1v) is 7.20. The molecule has 6 nitrogen and oxygen atoms in total. The molecule has 1 aliphatic rings. The van der Waals surface area contributed by atoms with Crippen molar-refractivity contribution in [1.29, 1.82) is 0 Å². The van der Waals surface area contributed by atoms with Crippen molar-refractivity contribution in [3.8, 4) is 5.75 Å². The molecule has 0 spiro atoms. The molecule has 1 aliphatic carbocycles. The molecule has 118 valence electrons. The number of nitrogens with one attached hydrogen (secondary N) is 1. The molecule has 3 aromatic rings. The van der Waals surface area contributed by atoms with E-state index in [1.54, 1.807) is 18.5 Å². The average molecular weight is 317 g/mol. The van der Waals surface area contributed by atoms with E-state index < -0.39 is 6.61 Å². The number of rotatable bonds is 5. The first kappa shape index (κ1) is 13.9. The summed E-state index contributed by atoms with van der Waals surface area (Å²) in [5, 5.41) is 3.08. The molecule has 2 heterocycles. The lowest BCUT2D eigenvalue weighted by Crippen LogP contribution is -2.02. The van der Waals surface area contributed by atoms with Crippen LogP contribution in [0.25, 0.3) is 11.2 Å². The molecule has 0 saturated heterocycles. The van der Waals surface area contributed by atoms with Gasteiger partial charge in [-0.15, -0.1) is 0 Å². The Labute approximate surface area is 130 Å². The highest BCUT2D eigenvalue weighted by Gasteiger charge is 2.26. The average Bonchev–Trinajstić information content (AvgIpc) is 3.26. The van der Waals surface area contributed by atoms with Gasteiger partial charge in [-0.05, 0) is 25.0 Å². The number of alkyl halides is 2. The molecule has 0 atom stereocenters. The second kappa shape index (κ2) is 5.45. The van der Waals surface area contributed by atoms with Crippen molar-refractivity contribution in [1.82, 2.24) is 19.5 Å². The van der Waals surface area contributed by atoms with Gasteiger partial charge in [0.2, 0.25) is 0 Å². The van der Waals surface area contributed by atoms with Gasteiger partial charge in [-0.3, -0.25) is 0 Å². The van der Waals surface area contributed by atoms with Crippen LogP contribution in [0.3, 0.4) is 0 Å². The van der Waals surface area contributed by atoms with Crippen LogP contribution < -0.4 is 10.1 Å². The third-order valence-corrected chi connectivity index (χ3v) is 3.62. The Kier molecular flexibility index (Phi) is 3.29. The number of hydrogen-bond donors (Lipinski definition) is 1. The molecule has 1 fully saturated rings. The Hall–Kier alpha value is -2.77. The third-order valence-electron chi connectivity index (χ3n) is 3.62. The molecule has 1 saturated carbocycles. The van der Waals surface area contributed by atoms with E-state index >= 15 is 0 Å². The molecular formula is C15H13F2N5O. The minimum absolute atomic E-state index is 0.0822. The van der Waals surface area contributed by atoms with Gasteiger partial charge in [0.1, 0.15) is 12.1 Å². The number of fused-ring (bicyclic) bond motifs is 1. The summed E-state index contributed by atoms with van der Waals surface area (Å²) in [6.45, 7) is -2.86. The largest absolute Gasteiger partial charge is 0.435 e. The molecule has 0 aliphatic heterocycles. The highest BCUT2D eigenvalue weighted by Crippen LogP contribution is 2.37. The van der Waals surface area contributed by atoms with Crippen LogP contribution in [-0.4, -0.2) is 26.1 Å². The standard InChI is InChI=1S/C15H13F2N5O/c16-15(17)23-11-3-1-2-9(6-11)21-13-12-14(19-7-18-13)22(8-20-12)10-4-5-10/h1-3,6-8,10,15H,4-5H2,(H,18,19,21). The summed E-state index contributed by atoms with van der Waals surface area (Å²) in [6.07, 6.45) is 5.49. The van der Waals surface area contributed by atoms with Gasteiger partial charge in [0.05, 0.1) is 6.33 Å². The minimum Gasteiger partial charge on any atom is -0.435 e. The van der Waals surface area contributed by atoms with Crippen LogP contribution in [0.1, 0.15) is 18.9 Å². The Morgan fingerprint density at radius 3 is 2.87 bits per heavy atom. The van der Waals surface area contributed by atoms with Crippen molar-refractivity contribution in [2.75, 3.05) is 5.32 Å². The van der Waals surface area contributed by atoms with E-state index in [1.807, 2.05) is 4.57 Å². The van der Waals surface area contributed by atoms with E-state index in [9.17, 15) is 8.78 Å². The molecule has 0 unspecified atom stereocenters. The second-order valence-corrected chi connectivity index (χ2v) is 5.31. The van der Waals surface area contributed by atoms with Crippen molar-refractivity contribution < 1.29 is 13.5 Å². The maximum atomic E-state index is 12.3. The molecule has 0 bridgehead atoms. The number of ether oxygens (including phenoxy) is 1. The lowest BCUT2D eigenvalue weighted by atomic mass is 10.3. The van der Waals surface area contributed by atoms with Crippen molar-refractivity contribution in [3.63, 3.8) is 0 Å². The number of nitrogens with zero attached hydrogens (tertiary/aromatic N) is 4. The molecule has 4 rings (SSSR count). The highest BCUT2D eigenvalue weighted by molar-refractivity contribution is 5.85. The SMILES string of the molecule is FC(F)Oc1cccc(Nc2ncnc3c2ncn3C2CC2)c1. The summed E-state index contributed by atoms with van der Waals surface area (Å²) in [5.74, 6) is 0.613. The van der Waals surface area contributed by atoms with Crippen LogP contribution >= 0.6 is 0 Å². The second-order valence-electron chi connectivity index (χ2n) is 5.31. The summed E-state index contributed by atoms with van der Waals surface area (Å²) >= 11 is 0. The number of aromatic nitrogens is 4. The van der Waals surface area contributed by atoms with Gasteiger partial charge in [0.15, 0.2) is 17.0 Å². The highest BCUT2D eigenvalue weighted by atomic mass is 19.3. The van der Waals surface area contributed by atoms with E-state index in [0.717, 1.165) is 18.5 Å². The Bertz CT molecular complexity index is 847. The number of hydrogen-bond acceptors (Lipinski definition) is 5. The Morgan fingerprint density at radius 2 is 2.09 bits per heavy atom. The number of benzene rings is 1. The normalized spacial score (nSPS) is 14.4. The topological polar surface area (TPSA) is 64.9 Å². The van der Waals surface area contributed by atoms with Crippen molar-refractivity contribution in [3.05, 3.63) is 36.9 Å². The summed E-state index contributed by atoms with van der Waals surface area (Å²) < 4.78 is 31.0. The monoisotopic (exact) mass is 317 g/mol. The molecular weight excluding hydrogens is 304 g/mol. The van der Waals surface area contributed by atoms with Gasteiger partial charge >= 0.3 is 6.61 Å². The Morgan fingerprint density at radius 1 is 1.22 bits per heavy atom.